The number of carbonyl (C=O) groups excluding carboxylic acids is 2. The number of benzene rings is 1. The van der Waals surface area contributed by atoms with Crippen LogP contribution < -0.4 is 10.7 Å². The van der Waals surface area contributed by atoms with Crippen LogP contribution in [0.15, 0.2) is 23.3 Å². The summed E-state index contributed by atoms with van der Waals surface area (Å²) in [7, 11) is 0. The Bertz CT molecular complexity index is 735. The van der Waals surface area contributed by atoms with Crippen molar-refractivity contribution in [3.63, 3.8) is 0 Å². The minimum Gasteiger partial charge on any atom is -0.325 e. The Labute approximate surface area is 160 Å². The van der Waals surface area contributed by atoms with Crippen molar-refractivity contribution in [1.29, 1.82) is 0 Å². The minimum atomic E-state index is -4.54. The van der Waals surface area contributed by atoms with Crippen LogP contribution in [0.5, 0.6) is 0 Å². The Hall–Kier alpha value is -2.09. The molecular weight excluding hydrogens is 383 g/mol. The predicted molar refractivity (Wildman–Crippen MR) is 97.5 cm³/mol. The van der Waals surface area contributed by atoms with Crippen LogP contribution >= 0.6 is 11.6 Å². The lowest BCUT2D eigenvalue weighted by atomic mass is 9.89. The van der Waals surface area contributed by atoms with Gasteiger partial charge in [0, 0.05) is 18.6 Å². The first-order chi connectivity index (χ1) is 12.7. The fourth-order valence-corrected chi connectivity index (χ4v) is 2.93. The number of amides is 2. The summed E-state index contributed by atoms with van der Waals surface area (Å²) in [6.45, 7) is 2.05. The molecule has 2 rings (SSSR count). The minimum absolute atomic E-state index is 0.0153. The molecule has 0 aromatic heterocycles. The molecule has 5 nitrogen and oxygen atoms in total. The normalized spacial score (nSPS) is 19.0. The molecule has 9 heteroatoms. The van der Waals surface area contributed by atoms with E-state index in [9.17, 15) is 22.8 Å². The van der Waals surface area contributed by atoms with E-state index in [1.807, 2.05) is 0 Å². The lowest BCUT2D eigenvalue weighted by Crippen LogP contribution is -2.25. The van der Waals surface area contributed by atoms with Gasteiger partial charge in [0.05, 0.1) is 16.3 Å². The number of nitrogens with one attached hydrogen (secondary N) is 2. The molecule has 2 amide bonds. The van der Waals surface area contributed by atoms with E-state index in [4.69, 9.17) is 11.6 Å². The zero-order chi connectivity index (χ0) is 20.0. The van der Waals surface area contributed by atoms with Gasteiger partial charge in [-0.25, -0.2) is 5.43 Å². The highest BCUT2D eigenvalue weighted by Gasteiger charge is 2.31. The van der Waals surface area contributed by atoms with Crippen molar-refractivity contribution in [2.75, 3.05) is 5.32 Å². The molecule has 0 unspecified atom stereocenters. The summed E-state index contributed by atoms with van der Waals surface area (Å²) in [5.74, 6) is -0.707. The topological polar surface area (TPSA) is 70.6 Å². The lowest BCUT2D eigenvalue weighted by Gasteiger charge is -2.19. The molecule has 2 N–H and O–H groups in total. The first kappa shape index (κ1) is 21.2. The molecule has 1 atom stereocenters. The van der Waals surface area contributed by atoms with Gasteiger partial charge in [-0.15, -0.1) is 0 Å². The third-order valence-electron chi connectivity index (χ3n) is 4.36. The molecule has 0 heterocycles. The zero-order valence-electron chi connectivity index (χ0n) is 14.8. The summed E-state index contributed by atoms with van der Waals surface area (Å²) in [4.78, 5) is 23.8. The van der Waals surface area contributed by atoms with E-state index >= 15 is 0 Å². The van der Waals surface area contributed by atoms with Gasteiger partial charge in [-0.1, -0.05) is 24.9 Å². The van der Waals surface area contributed by atoms with Crippen molar-refractivity contribution < 1.29 is 22.8 Å². The Balaban J connectivity index is 1.85. The zero-order valence-corrected chi connectivity index (χ0v) is 15.6. The molecule has 0 radical (unpaired) electrons. The molecule has 0 aliphatic heterocycles. The largest absolute Gasteiger partial charge is 0.416 e. The standard InChI is InChI=1S/C18H21ClF3N3O2/c1-11-4-2-3-5-14(11)24-25-17(27)9-8-16(26)23-15-10-12(18(20,21)22)6-7-13(15)19/h6-7,10-11H,2-5,8-9H2,1H3,(H,23,26)(H,25,27)/t11-/m0/s1. The van der Waals surface area contributed by atoms with Gasteiger partial charge in [-0.05, 0) is 43.4 Å². The van der Waals surface area contributed by atoms with Crippen molar-refractivity contribution in [2.45, 2.75) is 51.6 Å². The lowest BCUT2D eigenvalue weighted by molar-refractivity contribution is -0.137. The molecule has 1 aliphatic rings. The summed E-state index contributed by atoms with van der Waals surface area (Å²) < 4.78 is 38.2. The molecule has 1 fully saturated rings. The Kier molecular flexibility index (Phi) is 7.24. The van der Waals surface area contributed by atoms with Gasteiger partial charge in [-0.2, -0.15) is 18.3 Å². The van der Waals surface area contributed by atoms with E-state index in [0.29, 0.717) is 5.92 Å². The van der Waals surface area contributed by atoms with E-state index in [1.54, 1.807) is 0 Å². The second kappa shape index (κ2) is 9.21. The summed E-state index contributed by atoms with van der Waals surface area (Å²) in [6, 6.07) is 2.65. The third-order valence-corrected chi connectivity index (χ3v) is 4.69. The van der Waals surface area contributed by atoms with Gasteiger partial charge in [0.25, 0.3) is 0 Å². The molecule has 1 aromatic carbocycles. The molecule has 0 saturated heterocycles. The van der Waals surface area contributed by atoms with Crippen LogP contribution in [0.2, 0.25) is 5.02 Å². The fraction of sp³-hybridized carbons (Fsp3) is 0.500. The smallest absolute Gasteiger partial charge is 0.325 e. The number of alkyl halides is 3. The average molecular weight is 404 g/mol. The maximum atomic E-state index is 12.7. The van der Waals surface area contributed by atoms with Crippen LogP contribution in [0.25, 0.3) is 0 Å². The summed E-state index contributed by atoms with van der Waals surface area (Å²) >= 11 is 5.82. The first-order valence-electron chi connectivity index (χ1n) is 8.68. The Morgan fingerprint density at radius 2 is 1.93 bits per heavy atom. The van der Waals surface area contributed by atoms with E-state index in [1.165, 1.54) is 0 Å². The number of anilines is 1. The second-order valence-corrected chi connectivity index (χ2v) is 6.93. The highest BCUT2D eigenvalue weighted by Crippen LogP contribution is 2.33. The Morgan fingerprint density at radius 3 is 2.59 bits per heavy atom. The molecule has 1 saturated carbocycles. The van der Waals surface area contributed by atoms with E-state index in [2.05, 4.69) is 22.8 Å². The molecule has 27 heavy (non-hydrogen) atoms. The molecule has 148 valence electrons. The Morgan fingerprint density at radius 1 is 1.22 bits per heavy atom. The van der Waals surface area contributed by atoms with Crippen LogP contribution in [0.1, 0.15) is 51.0 Å². The SMILES string of the molecule is C[C@H]1CCCCC1=NNC(=O)CCC(=O)Nc1cc(C(F)(F)F)ccc1Cl. The number of hydrazone groups is 1. The molecule has 0 spiro atoms. The summed E-state index contributed by atoms with van der Waals surface area (Å²) in [5.41, 5.74) is 2.31. The predicted octanol–water partition coefficient (Wildman–Crippen LogP) is 4.76. The van der Waals surface area contributed by atoms with Crippen LogP contribution in [-0.2, 0) is 15.8 Å². The van der Waals surface area contributed by atoms with Crippen molar-refractivity contribution in [2.24, 2.45) is 11.0 Å². The van der Waals surface area contributed by atoms with Crippen molar-refractivity contribution in [3.05, 3.63) is 28.8 Å². The first-order valence-corrected chi connectivity index (χ1v) is 9.06. The summed E-state index contributed by atoms with van der Waals surface area (Å²) in [6.07, 6.45) is -0.803. The van der Waals surface area contributed by atoms with Crippen molar-refractivity contribution in [1.82, 2.24) is 5.43 Å². The van der Waals surface area contributed by atoms with Gasteiger partial charge in [0.2, 0.25) is 11.8 Å². The monoisotopic (exact) mass is 403 g/mol. The molecule has 0 bridgehead atoms. The molecule has 1 aliphatic carbocycles. The molecule has 1 aromatic rings. The number of nitrogens with zero attached hydrogens (tertiary/aromatic N) is 1. The number of halogens is 4. The second-order valence-electron chi connectivity index (χ2n) is 6.53. The third kappa shape index (κ3) is 6.53. The highest BCUT2D eigenvalue weighted by molar-refractivity contribution is 6.33. The maximum absolute atomic E-state index is 12.7. The number of rotatable bonds is 5. The van der Waals surface area contributed by atoms with Gasteiger partial charge in [0.15, 0.2) is 0 Å². The average Bonchev–Trinajstić information content (AvgIpc) is 2.60. The number of hydrogen-bond acceptors (Lipinski definition) is 3. The van der Waals surface area contributed by atoms with E-state index in [-0.39, 0.29) is 23.6 Å². The van der Waals surface area contributed by atoms with Crippen molar-refractivity contribution >= 4 is 34.8 Å². The highest BCUT2D eigenvalue weighted by atomic mass is 35.5. The van der Waals surface area contributed by atoms with Crippen LogP contribution in [0.4, 0.5) is 18.9 Å². The van der Waals surface area contributed by atoms with E-state index in [0.717, 1.165) is 49.6 Å². The summed E-state index contributed by atoms with van der Waals surface area (Å²) in [5, 5.41) is 6.41. The van der Waals surface area contributed by atoms with Crippen LogP contribution in [0.3, 0.4) is 0 Å². The van der Waals surface area contributed by atoms with Crippen LogP contribution in [0, 0.1) is 5.92 Å². The van der Waals surface area contributed by atoms with Gasteiger partial charge in [-0.3, -0.25) is 9.59 Å². The van der Waals surface area contributed by atoms with Crippen LogP contribution in [-0.4, -0.2) is 17.5 Å². The van der Waals surface area contributed by atoms with Gasteiger partial charge < -0.3 is 5.32 Å². The quantitative estimate of drug-likeness (QED) is 0.696. The fourth-order valence-electron chi connectivity index (χ4n) is 2.76. The van der Waals surface area contributed by atoms with Gasteiger partial charge in [0.1, 0.15) is 0 Å². The van der Waals surface area contributed by atoms with Crippen molar-refractivity contribution in [3.8, 4) is 0 Å². The molecular formula is C18H21ClF3N3O2. The number of hydrogen-bond donors (Lipinski definition) is 2. The van der Waals surface area contributed by atoms with Gasteiger partial charge >= 0.3 is 6.18 Å². The number of carbonyl (C=O) groups is 2. The maximum Gasteiger partial charge on any atom is 0.416 e. The van der Waals surface area contributed by atoms with E-state index < -0.39 is 23.6 Å².